The van der Waals surface area contributed by atoms with Crippen LogP contribution in [-0.2, 0) is 0 Å². The van der Waals surface area contributed by atoms with Gasteiger partial charge in [0.15, 0.2) is 0 Å². The van der Waals surface area contributed by atoms with E-state index >= 15 is 0 Å². The molecule has 17 heavy (non-hydrogen) atoms. The summed E-state index contributed by atoms with van der Waals surface area (Å²) in [6.07, 6.45) is 3.42. The molecule has 0 spiro atoms. The minimum atomic E-state index is 0.863. The smallest absolute Gasteiger partial charge is 0.0901 e. The summed E-state index contributed by atoms with van der Waals surface area (Å²) in [5.74, 6) is 0. The van der Waals surface area contributed by atoms with Crippen LogP contribution in [0.5, 0.6) is 0 Å². The molecule has 0 saturated carbocycles. The van der Waals surface area contributed by atoms with Gasteiger partial charge in [0.05, 0.1) is 17.6 Å². The first kappa shape index (κ1) is 11.5. The predicted octanol–water partition coefficient (Wildman–Crippen LogP) is 3.21. The molecule has 0 aliphatic carbocycles. The number of hydrogen-bond donors (Lipinski definition) is 1. The van der Waals surface area contributed by atoms with Crippen molar-refractivity contribution in [2.45, 2.75) is 20.8 Å². The zero-order chi connectivity index (χ0) is 12.4. The van der Waals surface area contributed by atoms with Gasteiger partial charge in [0, 0.05) is 6.20 Å². The fourth-order valence-electron chi connectivity index (χ4n) is 2.31. The van der Waals surface area contributed by atoms with E-state index in [2.05, 4.69) is 38.1 Å². The molecule has 1 aromatic carbocycles. The van der Waals surface area contributed by atoms with Crippen LogP contribution in [0, 0.1) is 20.8 Å². The molecule has 0 atom stereocenters. The topological polar surface area (TPSA) is 37.5 Å². The average molecular weight is 228 g/mol. The minimum Gasteiger partial charge on any atom is -0.411 e. The van der Waals surface area contributed by atoms with E-state index in [1.165, 1.54) is 22.9 Å². The Hall–Kier alpha value is -2.03. The Bertz CT molecular complexity index is 544. The maximum Gasteiger partial charge on any atom is 0.0901 e. The zero-order valence-corrected chi connectivity index (χ0v) is 10.3. The second-order valence-corrected chi connectivity index (χ2v) is 4.29. The summed E-state index contributed by atoms with van der Waals surface area (Å²) in [7, 11) is 0. The fraction of sp³-hybridized carbons (Fsp3) is 0.214. The highest BCUT2D eigenvalue weighted by Crippen LogP contribution is 2.22. The van der Waals surface area contributed by atoms with E-state index in [1.54, 1.807) is 0 Å². The number of rotatable bonds is 2. The van der Waals surface area contributed by atoms with E-state index in [-0.39, 0.29) is 0 Å². The first-order valence-electron chi connectivity index (χ1n) is 5.56. The molecule has 2 rings (SSSR count). The van der Waals surface area contributed by atoms with E-state index < -0.39 is 0 Å². The maximum atomic E-state index is 8.65. The molecule has 0 amide bonds. The average Bonchev–Trinajstić information content (AvgIpc) is 2.65. The van der Waals surface area contributed by atoms with Crippen LogP contribution < -0.4 is 0 Å². The molecule has 0 fully saturated rings. The van der Waals surface area contributed by atoms with Crippen LogP contribution in [0.3, 0.4) is 0 Å². The lowest BCUT2D eigenvalue weighted by Crippen LogP contribution is -2.03. The molecule has 0 saturated heterocycles. The molecule has 1 heterocycles. The van der Waals surface area contributed by atoms with Crippen LogP contribution in [0.15, 0.2) is 35.6 Å². The molecular formula is C14H16N2O. The molecule has 0 aliphatic rings. The highest BCUT2D eigenvalue weighted by atomic mass is 16.4. The van der Waals surface area contributed by atoms with Crippen molar-refractivity contribution in [2.75, 3.05) is 0 Å². The zero-order valence-electron chi connectivity index (χ0n) is 10.3. The molecule has 3 nitrogen and oxygen atoms in total. The molecule has 0 unspecified atom stereocenters. The Labute approximate surface area is 101 Å². The molecule has 0 bridgehead atoms. The van der Waals surface area contributed by atoms with Gasteiger partial charge in [-0.25, -0.2) is 0 Å². The fourth-order valence-corrected chi connectivity index (χ4v) is 2.31. The lowest BCUT2D eigenvalue weighted by molar-refractivity contribution is 0.321. The van der Waals surface area contributed by atoms with Gasteiger partial charge in [0.1, 0.15) is 0 Å². The van der Waals surface area contributed by atoms with Gasteiger partial charge in [-0.1, -0.05) is 22.9 Å². The van der Waals surface area contributed by atoms with Crippen LogP contribution in [-0.4, -0.2) is 16.0 Å². The van der Waals surface area contributed by atoms with Crippen LogP contribution in [0.1, 0.15) is 22.4 Å². The van der Waals surface area contributed by atoms with Crippen molar-refractivity contribution in [3.05, 3.63) is 52.8 Å². The first-order valence-corrected chi connectivity index (χ1v) is 5.56. The molecule has 1 aromatic heterocycles. The van der Waals surface area contributed by atoms with E-state index in [0.717, 1.165) is 11.4 Å². The molecule has 0 aliphatic heterocycles. The number of aryl methyl sites for hydroxylation is 3. The number of hydrogen-bond acceptors (Lipinski definition) is 2. The van der Waals surface area contributed by atoms with Crippen molar-refractivity contribution in [1.82, 2.24) is 4.57 Å². The van der Waals surface area contributed by atoms with E-state index in [9.17, 15) is 0 Å². The van der Waals surface area contributed by atoms with Gasteiger partial charge in [0.2, 0.25) is 0 Å². The van der Waals surface area contributed by atoms with Crippen molar-refractivity contribution >= 4 is 6.21 Å². The van der Waals surface area contributed by atoms with Crippen molar-refractivity contribution in [2.24, 2.45) is 5.16 Å². The Morgan fingerprint density at radius 2 is 1.82 bits per heavy atom. The largest absolute Gasteiger partial charge is 0.411 e. The number of oxime groups is 1. The summed E-state index contributed by atoms with van der Waals surface area (Å²) in [5, 5.41) is 11.7. The number of benzene rings is 1. The standard InChI is InChI=1S/C14H16N2O/c1-10-7-11(2)14(12(3)8-10)16-6-4-5-13(16)9-15-17/h4-9,17H,1-3H3/b15-9-. The number of aromatic nitrogens is 1. The summed E-state index contributed by atoms with van der Waals surface area (Å²) in [5.41, 5.74) is 5.70. The molecule has 88 valence electrons. The predicted molar refractivity (Wildman–Crippen MR) is 69.4 cm³/mol. The summed E-state index contributed by atoms with van der Waals surface area (Å²) in [6.45, 7) is 6.28. The van der Waals surface area contributed by atoms with Gasteiger partial charge in [-0.05, 0) is 44.0 Å². The summed E-state index contributed by atoms with van der Waals surface area (Å²) in [4.78, 5) is 0. The summed E-state index contributed by atoms with van der Waals surface area (Å²) in [6, 6.07) is 8.17. The summed E-state index contributed by atoms with van der Waals surface area (Å²) < 4.78 is 2.03. The Kier molecular flexibility index (Phi) is 3.00. The molecule has 0 radical (unpaired) electrons. The highest BCUT2D eigenvalue weighted by molar-refractivity contribution is 5.78. The third kappa shape index (κ3) is 2.09. The van der Waals surface area contributed by atoms with Crippen molar-refractivity contribution in [3.8, 4) is 5.69 Å². The first-order chi connectivity index (χ1) is 8.13. The van der Waals surface area contributed by atoms with Crippen molar-refractivity contribution in [3.63, 3.8) is 0 Å². The van der Waals surface area contributed by atoms with Crippen LogP contribution in [0.25, 0.3) is 5.69 Å². The van der Waals surface area contributed by atoms with Gasteiger partial charge >= 0.3 is 0 Å². The van der Waals surface area contributed by atoms with Gasteiger partial charge in [0.25, 0.3) is 0 Å². The van der Waals surface area contributed by atoms with Gasteiger partial charge in [-0.3, -0.25) is 0 Å². The Morgan fingerprint density at radius 1 is 1.18 bits per heavy atom. The monoisotopic (exact) mass is 228 g/mol. The van der Waals surface area contributed by atoms with Gasteiger partial charge in [-0.15, -0.1) is 0 Å². The lowest BCUT2D eigenvalue weighted by Gasteiger charge is -2.14. The number of nitrogens with zero attached hydrogens (tertiary/aromatic N) is 2. The third-order valence-corrected chi connectivity index (χ3v) is 2.85. The molecule has 2 aromatic rings. The van der Waals surface area contributed by atoms with Crippen LogP contribution >= 0.6 is 0 Å². The summed E-state index contributed by atoms with van der Waals surface area (Å²) >= 11 is 0. The maximum absolute atomic E-state index is 8.65. The van der Waals surface area contributed by atoms with Crippen LogP contribution in [0.2, 0.25) is 0 Å². The normalized spacial score (nSPS) is 11.2. The SMILES string of the molecule is Cc1cc(C)c(-n2cccc2/C=N\O)c(C)c1. The van der Waals surface area contributed by atoms with E-state index in [0.29, 0.717) is 0 Å². The van der Waals surface area contributed by atoms with E-state index in [4.69, 9.17) is 5.21 Å². The van der Waals surface area contributed by atoms with Crippen molar-refractivity contribution in [1.29, 1.82) is 0 Å². The molecule has 1 N–H and O–H groups in total. The Balaban J connectivity index is 2.64. The second kappa shape index (κ2) is 4.45. The third-order valence-electron chi connectivity index (χ3n) is 2.85. The Morgan fingerprint density at radius 3 is 2.41 bits per heavy atom. The quantitative estimate of drug-likeness (QED) is 0.478. The lowest BCUT2D eigenvalue weighted by atomic mass is 10.0. The minimum absolute atomic E-state index is 0.863. The highest BCUT2D eigenvalue weighted by Gasteiger charge is 2.08. The molecular weight excluding hydrogens is 212 g/mol. The van der Waals surface area contributed by atoms with Crippen LogP contribution in [0.4, 0.5) is 0 Å². The molecule has 3 heteroatoms. The van der Waals surface area contributed by atoms with Gasteiger partial charge in [-0.2, -0.15) is 0 Å². The second-order valence-electron chi connectivity index (χ2n) is 4.29. The van der Waals surface area contributed by atoms with Crippen molar-refractivity contribution < 1.29 is 5.21 Å². The van der Waals surface area contributed by atoms with Gasteiger partial charge < -0.3 is 9.77 Å². The van der Waals surface area contributed by atoms with E-state index in [1.807, 2.05) is 22.9 Å².